The van der Waals surface area contributed by atoms with Crippen LogP contribution in [0.1, 0.15) is 22.3 Å². The standard InChI is InChI=1S/C18H16ClN3O4/c1-11-2-3-12(8-16(11)22(25)26)18(24)20-14-9-17(23)21(10-14)15-6-4-13(19)5-7-15/h2-8,14H,9-10H2,1H3,(H,20,24)/t14-/m0/s1. The van der Waals surface area contributed by atoms with Gasteiger partial charge in [0.25, 0.3) is 11.6 Å². The van der Waals surface area contributed by atoms with E-state index in [1.54, 1.807) is 36.1 Å². The summed E-state index contributed by atoms with van der Waals surface area (Å²) in [7, 11) is 0. The van der Waals surface area contributed by atoms with Gasteiger partial charge >= 0.3 is 0 Å². The molecule has 1 aliphatic rings. The monoisotopic (exact) mass is 373 g/mol. The lowest BCUT2D eigenvalue weighted by Crippen LogP contribution is -2.37. The average molecular weight is 374 g/mol. The van der Waals surface area contributed by atoms with Gasteiger partial charge in [0.15, 0.2) is 0 Å². The second-order valence-electron chi connectivity index (χ2n) is 6.11. The lowest BCUT2D eigenvalue weighted by atomic mass is 10.1. The highest BCUT2D eigenvalue weighted by Gasteiger charge is 2.32. The summed E-state index contributed by atoms with van der Waals surface area (Å²) in [6, 6.07) is 10.8. The zero-order valence-electron chi connectivity index (χ0n) is 13.9. The van der Waals surface area contributed by atoms with Crippen molar-refractivity contribution in [2.45, 2.75) is 19.4 Å². The first kappa shape index (κ1) is 17.9. The van der Waals surface area contributed by atoms with E-state index in [4.69, 9.17) is 11.6 Å². The highest BCUT2D eigenvalue weighted by molar-refractivity contribution is 6.30. The summed E-state index contributed by atoms with van der Waals surface area (Å²) >= 11 is 5.86. The van der Waals surface area contributed by atoms with Gasteiger partial charge in [0.05, 0.1) is 11.0 Å². The van der Waals surface area contributed by atoms with Crippen molar-refractivity contribution in [3.63, 3.8) is 0 Å². The molecule has 8 heteroatoms. The van der Waals surface area contributed by atoms with Gasteiger partial charge in [0.2, 0.25) is 5.91 Å². The molecule has 0 aromatic heterocycles. The maximum Gasteiger partial charge on any atom is 0.273 e. The van der Waals surface area contributed by atoms with Crippen LogP contribution in [0.5, 0.6) is 0 Å². The first-order valence-corrected chi connectivity index (χ1v) is 8.35. The molecule has 1 aliphatic heterocycles. The highest BCUT2D eigenvalue weighted by Crippen LogP contribution is 2.24. The molecule has 2 aromatic carbocycles. The number of nitrogens with one attached hydrogen (secondary N) is 1. The molecule has 0 aliphatic carbocycles. The van der Waals surface area contributed by atoms with E-state index in [0.717, 1.165) is 0 Å². The number of nitro groups is 1. The number of anilines is 1. The number of nitro benzene ring substituents is 1. The molecule has 0 saturated carbocycles. The number of halogens is 1. The van der Waals surface area contributed by atoms with E-state index in [-0.39, 0.29) is 29.6 Å². The number of nitrogens with zero attached hydrogens (tertiary/aromatic N) is 2. The van der Waals surface area contributed by atoms with Gasteiger partial charge < -0.3 is 10.2 Å². The van der Waals surface area contributed by atoms with Crippen molar-refractivity contribution in [2.75, 3.05) is 11.4 Å². The zero-order valence-corrected chi connectivity index (χ0v) is 14.7. The molecule has 1 atom stereocenters. The number of rotatable bonds is 4. The number of carbonyl (C=O) groups excluding carboxylic acids is 2. The van der Waals surface area contributed by atoms with Gasteiger partial charge in [-0.25, -0.2) is 0 Å². The van der Waals surface area contributed by atoms with Gasteiger partial charge in [-0.3, -0.25) is 19.7 Å². The Balaban J connectivity index is 1.71. The fourth-order valence-electron chi connectivity index (χ4n) is 2.89. The lowest BCUT2D eigenvalue weighted by Gasteiger charge is -2.17. The van der Waals surface area contributed by atoms with Gasteiger partial charge in [-0.2, -0.15) is 0 Å². The number of aryl methyl sites for hydroxylation is 1. The number of amides is 2. The summed E-state index contributed by atoms with van der Waals surface area (Å²) in [6.45, 7) is 1.94. The Morgan fingerprint density at radius 3 is 2.62 bits per heavy atom. The Labute approximate surface area is 154 Å². The minimum Gasteiger partial charge on any atom is -0.347 e. The summed E-state index contributed by atoms with van der Waals surface area (Å²) in [4.78, 5) is 36.7. The Bertz CT molecular complexity index is 883. The van der Waals surface area contributed by atoms with Crippen molar-refractivity contribution in [2.24, 2.45) is 0 Å². The number of benzene rings is 2. The van der Waals surface area contributed by atoms with Crippen molar-refractivity contribution in [1.29, 1.82) is 0 Å². The number of hydrogen-bond acceptors (Lipinski definition) is 4. The fourth-order valence-corrected chi connectivity index (χ4v) is 3.02. The Hall–Kier alpha value is -2.93. The first-order valence-electron chi connectivity index (χ1n) is 7.97. The summed E-state index contributed by atoms with van der Waals surface area (Å²) < 4.78 is 0. The predicted molar refractivity (Wildman–Crippen MR) is 97.5 cm³/mol. The molecule has 2 amide bonds. The topological polar surface area (TPSA) is 92.6 Å². The number of hydrogen-bond donors (Lipinski definition) is 1. The minimum absolute atomic E-state index is 0.104. The van der Waals surface area contributed by atoms with Crippen molar-refractivity contribution in [3.05, 3.63) is 68.7 Å². The van der Waals surface area contributed by atoms with Crippen LogP contribution in [-0.4, -0.2) is 29.3 Å². The second kappa shape index (κ2) is 7.13. The Morgan fingerprint density at radius 2 is 1.96 bits per heavy atom. The van der Waals surface area contributed by atoms with Crippen molar-refractivity contribution >= 4 is 34.8 Å². The van der Waals surface area contributed by atoms with Gasteiger partial charge in [0.1, 0.15) is 0 Å². The van der Waals surface area contributed by atoms with Crippen molar-refractivity contribution in [1.82, 2.24) is 5.32 Å². The van der Waals surface area contributed by atoms with Crippen LogP contribution in [-0.2, 0) is 4.79 Å². The van der Waals surface area contributed by atoms with Gasteiger partial charge in [0, 0.05) is 40.9 Å². The molecule has 1 saturated heterocycles. The smallest absolute Gasteiger partial charge is 0.273 e. The molecular weight excluding hydrogens is 358 g/mol. The summed E-state index contributed by atoms with van der Waals surface area (Å²) in [5.41, 5.74) is 1.28. The average Bonchev–Trinajstić information content (AvgIpc) is 2.96. The van der Waals surface area contributed by atoms with Crippen molar-refractivity contribution < 1.29 is 14.5 Å². The summed E-state index contributed by atoms with van der Waals surface area (Å²) in [5, 5.41) is 14.4. The first-order chi connectivity index (χ1) is 12.3. The van der Waals surface area contributed by atoms with E-state index in [1.807, 2.05) is 0 Å². The third-order valence-corrected chi connectivity index (χ3v) is 4.52. The molecule has 3 rings (SSSR count). The molecule has 0 bridgehead atoms. The van der Waals surface area contributed by atoms with Gasteiger partial charge in [-0.1, -0.05) is 17.7 Å². The maximum atomic E-state index is 12.4. The molecule has 1 heterocycles. The highest BCUT2D eigenvalue weighted by atomic mass is 35.5. The van der Waals surface area contributed by atoms with Crippen molar-refractivity contribution in [3.8, 4) is 0 Å². The van der Waals surface area contributed by atoms with E-state index in [9.17, 15) is 19.7 Å². The molecule has 0 spiro atoms. The normalized spacial score (nSPS) is 16.6. The summed E-state index contributed by atoms with van der Waals surface area (Å²) in [6.07, 6.45) is 0.169. The van der Waals surface area contributed by atoms with Crippen LogP contribution in [0.15, 0.2) is 42.5 Å². The molecule has 1 N–H and O–H groups in total. The second-order valence-corrected chi connectivity index (χ2v) is 6.55. The molecule has 134 valence electrons. The SMILES string of the molecule is Cc1ccc(C(=O)N[C@H]2CC(=O)N(c3ccc(Cl)cc3)C2)cc1[N+](=O)[O-]. The van der Waals surface area contributed by atoms with Crippen LogP contribution < -0.4 is 10.2 Å². The minimum atomic E-state index is -0.520. The largest absolute Gasteiger partial charge is 0.347 e. The summed E-state index contributed by atoms with van der Waals surface area (Å²) in [5.74, 6) is -0.545. The molecule has 0 unspecified atom stereocenters. The van der Waals surface area contributed by atoms with Crippen LogP contribution in [0.4, 0.5) is 11.4 Å². The number of carbonyl (C=O) groups is 2. The van der Waals surface area contributed by atoms with E-state index >= 15 is 0 Å². The molecule has 26 heavy (non-hydrogen) atoms. The zero-order chi connectivity index (χ0) is 18.8. The van der Waals surface area contributed by atoms with Crippen LogP contribution in [0.2, 0.25) is 5.02 Å². The third-order valence-electron chi connectivity index (χ3n) is 4.27. The van der Waals surface area contributed by atoms with Crippen LogP contribution >= 0.6 is 11.6 Å². The Morgan fingerprint density at radius 1 is 1.27 bits per heavy atom. The van der Waals surface area contributed by atoms with E-state index in [1.165, 1.54) is 18.2 Å². The van der Waals surface area contributed by atoms with Crippen LogP contribution in [0.3, 0.4) is 0 Å². The molecule has 0 radical (unpaired) electrons. The lowest BCUT2D eigenvalue weighted by molar-refractivity contribution is -0.385. The molecule has 7 nitrogen and oxygen atoms in total. The fraction of sp³-hybridized carbons (Fsp3) is 0.222. The van der Waals surface area contributed by atoms with E-state index < -0.39 is 10.8 Å². The third kappa shape index (κ3) is 3.67. The molecular formula is C18H16ClN3O4. The van der Waals surface area contributed by atoms with Gasteiger partial charge in [-0.05, 0) is 37.3 Å². The van der Waals surface area contributed by atoms with Gasteiger partial charge in [-0.15, -0.1) is 0 Å². The Kier molecular flexibility index (Phi) is 4.90. The van der Waals surface area contributed by atoms with E-state index in [0.29, 0.717) is 22.8 Å². The quantitative estimate of drug-likeness (QED) is 0.658. The molecule has 2 aromatic rings. The van der Waals surface area contributed by atoms with Crippen LogP contribution in [0, 0.1) is 17.0 Å². The molecule has 1 fully saturated rings. The maximum absolute atomic E-state index is 12.4. The predicted octanol–water partition coefficient (Wildman–Crippen LogP) is 3.09. The van der Waals surface area contributed by atoms with Crippen LogP contribution in [0.25, 0.3) is 0 Å². The van der Waals surface area contributed by atoms with E-state index in [2.05, 4.69) is 5.32 Å².